The van der Waals surface area contributed by atoms with Crippen LogP contribution in [-0.4, -0.2) is 12.5 Å². The Balaban J connectivity index is 1.91. The van der Waals surface area contributed by atoms with Gasteiger partial charge in [-0.25, -0.2) is 0 Å². The lowest BCUT2D eigenvalue weighted by Crippen LogP contribution is -2.20. The van der Waals surface area contributed by atoms with E-state index in [-0.39, 0.29) is 5.91 Å². The lowest BCUT2D eigenvalue weighted by molar-refractivity contribution is -0.118. The summed E-state index contributed by atoms with van der Waals surface area (Å²) >= 11 is 1.78. The number of carbonyl (C=O) groups excluding carboxylic acids is 1. The quantitative estimate of drug-likeness (QED) is 0.820. The summed E-state index contributed by atoms with van der Waals surface area (Å²) in [4.78, 5) is 13.2. The number of nitrogens with one attached hydrogen (secondary N) is 1. The molecule has 2 rings (SSSR count). The molecule has 0 spiro atoms. The van der Waals surface area contributed by atoms with Crippen molar-refractivity contribution in [1.82, 2.24) is 5.32 Å². The lowest BCUT2D eigenvalue weighted by atomic mass is 10.2. The zero-order valence-corrected chi connectivity index (χ0v) is 11.7. The van der Waals surface area contributed by atoms with Crippen molar-refractivity contribution in [3.8, 4) is 10.4 Å². The molecule has 0 atom stereocenters. The van der Waals surface area contributed by atoms with Gasteiger partial charge in [-0.3, -0.25) is 4.79 Å². The molecular formula is C16H17NOS. The van der Waals surface area contributed by atoms with Gasteiger partial charge in [0.05, 0.1) is 0 Å². The van der Waals surface area contributed by atoms with E-state index in [1.54, 1.807) is 11.3 Å². The Morgan fingerprint density at radius 1 is 1.21 bits per heavy atom. The number of thiophene rings is 1. The molecule has 2 aromatic rings. The first-order valence-corrected chi connectivity index (χ1v) is 7.13. The minimum atomic E-state index is 0.0240. The lowest BCUT2D eigenvalue weighted by Gasteiger charge is -1.96. The van der Waals surface area contributed by atoms with Crippen LogP contribution in [0.2, 0.25) is 0 Å². The van der Waals surface area contributed by atoms with Crippen molar-refractivity contribution < 1.29 is 4.79 Å². The Hall–Kier alpha value is -1.87. The fraction of sp³-hybridized carbons (Fsp3) is 0.188. The molecule has 0 radical (unpaired) electrons. The second-order valence-electron chi connectivity index (χ2n) is 4.24. The summed E-state index contributed by atoms with van der Waals surface area (Å²) in [5, 5.41) is 2.78. The first kappa shape index (κ1) is 13.6. The van der Waals surface area contributed by atoms with E-state index in [1.165, 1.54) is 22.2 Å². The zero-order valence-electron chi connectivity index (χ0n) is 10.9. The summed E-state index contributed by atoms with van der Waals surface area (Å²) in [6, 6.07) is 14.7. The third kappa shape index (κ3) is 4.38. The van der Waals surface area contributed by atoms with Crippen molar-refractivity contribution in [2.24, 2.45) is 0 Å². The molecule has 0 saturated heterocycles. The molecule has 0 aliphatic carbocycles. The van der Waals surface area contributed by atoms with Crippen molar-refractivity contribution in [2.75, 3.05) is 6.54 Å². The van der Waals surface area contributed by atoms with E-state index in [1.807, 2.05) is 6.07 Å². The summed E-state index contributed by atoms with van der Waals surface area (Å²) in [6.07, 6.45) is 5.06. The van der Waals surface area contributed by atoms with Crippen molar-refractivity contribution in [3.63, 3.8) is 0 Å². The standard InChI is InChI=1S/C16H17NOS/c1-13(18)17-12-6-5-9-15-10-11-16(19-15)14-7-3-2-4-8-14/h2-5,7-11H,6,12H2,1H3,(H,17,18). The topological polar surface area (TPSA) is 29.1 Å². The van der Waals surface area contributed by atoms with Crippen molar-refractivity contribution >= 4 is 23.3 Å². The SMILES string of the molecule is CC(=O)NCCC=Cc1ccc(-c2ccccc2)s1. The predicted molar refractivity (Wildman–Crippen MR) is 82.1 cm³/mol. The van der Waals surface area contributed by atoms with E-state index in [0.29, 0.717) is 6.54 Å². The molecule has 98 valence electrons. The summed E-state index contributed by atoms with van der Waals surface area (Å²) in [6.45, 7) is 2.23. The highest BCUT2D eigenvalue weighted by Crippen LogP contribution is 2.28. The molecule has 1 aromatic carbocycles. The van der Waals surface area contributed by atoms with Gasteiger partial charge in [-0.2, -0.15) is 0 Å². The maximum Gasteiger partial charge on any atom is 0.216 e. The van der Waals surface area contributed by atoms with E-state index in [2.05, 4.69) is 53.9 Å². The number of rotatable bonds is 5. The fourth-order valence-electron chi connectivity index (χ4n) is 1.73. The van der Waals surface area contributed by atoms with Crippen LogP contribution < -0.4 is 5.32 Å². The van der Waals surface area contributed by atoms with Gasteiger partial charge in [0.1, 0.15) is 0 Å². The molecule has 1 N–H and O–H groups in total. The summed E-state index contributed by atoms with van der Waals surface area (Å²) in [5.41, 5.74) is 1.25. The summed E-state index contributed by atoms with van der Waals surface area (Å²) in [5.74, 6) is 0.0240. The largest absolute Gasteiger partial charge is 0.356 e. The Labute approximate surface area is 117 Å². The van der Waals surface area contributed by atoms with Crippen LogP contribution in [0.15, 0.2) is 48.5 Å². The van der Waals surface area contributed by atoms with E-state index in [0.717, 1.165) is 6.42 Å². The maximum absolute atomic E-state index is 10.7. The molecule has 0 saturated carbocycles. The van der Waals surface area contributed by atoms with Crippen LogP contribution in [0.4, 0.5) is 0 Å². The number of hydrogen-bond acceptors (Lipinski definition) is 2. The number of hydrogen-bond donors (Lipinski definition) is 1. The van der Waals surface area contributed by atoms with Crippen LogP contribution in [0.25, 0.3) is 16.5 Å². The van der Waals surface area contributed by atoms with E-state index >= 15 is 0 Å². The maximum atomic E-state index is 10.7. The predicted octanol–water partition coefficient (Wildman–Crippen LogP) is 3.95. The highest BCUT2D eigenvalue weighted by Gasteiger charge is 1.99. The first-order valence-electron chi connectivity index (χ1n) is 6.32. The zero-order chi connectivity index (χ0) is 13.5. The Bertz CT molecular complexity index is 557. The average Bonchev–Trinajstić information content (AvgIpc) is 2.88. The molecule has 2 nitrogen and oxygen atoms in total. The van der Waals surface area contributed by atoms with Gasteiger partial charge in [-0.15, -0.1) is 11.3 Å². The van der Waals surface area contributed by atoms with E-state index in [9.17, 15) is 4.79 Å². The monoisotopic (exact) mass is 271 g/mol. The minimum absolute atomic E-state index is 0.0240. The van der Waals surface area contributed by atoms with Gasteiger partial charge >= 0.3 is 0 Å². The van der Waals surface area contributed by atoms with Crippen LogP contribution in [0, 0.1) is 0 Å². The average molecular weight is 271 g/mol. The van der Waals surface area contributed by atoms with Crippen LogP contribution in [0.3, 0.4) is 0 Å². The van der Waals surface area contributed by atoms with E-state index < -0.39 is 0 Å². The Morgan fingerprint density at radius 2 is 2.00 bits per heavy atom. The van der Waals surface area contributed by atoms with Crippen LogP contribution in [-0.2, 0) is 4.79 Å². The first-order chi connectivity index (χ1) is 9.25. The van der Waals surface area contributed by atoms with Crippen molar-refractivity contribution in [3.05, 3.63) is 53.4 Å². The smallest absolute Gasteiger partial charge is 0.216 e. The van der Waals surface area contributed by atoms with Gasteiger partial charge in [-0.1, -0.05) is 36.4 Å². The van der Waals surface area contributed by atoms with Gasteiger partial charge in [0, 0.05) is 23.2 Å². The number of carbonyl (C=O) groups is 1. The molecule has 1 amide bonds. The Kier molecular flexibility index (Phi) is 4.93. The van der Waals surface area contributed by atoms with Crippen molar-refractivity contribution in [2.45, 2.75) is 13.3 Å². The highest BCUT2D eigenvalue weighted by molar-refractivity contribution is 7.16. The van der Waals surface area contributed by atoms with Gasteiger partial charge < -0.3 is 5.32 Å². The molecule has 19 heavy (non-hydrogen) atoms. The third-order valence-corrected chi connectivity index (χ3v) is 3.75. The molecule has 0 aliphatic rings. The molecule has 0 aliphatic heterocycles. The molecule has 1 aromatic heterocycles. The molecule has 0 fully saturated rings. The highest BCUT2D eigenvalue weighted by atomic mass is 32.1. The number of amides is 1. The molecule has 0 bridgehead atoms. The number of benzene rings is 1. The second kappa shape index (κ2) is 6.90. The summed E-state index contributed by atoms with van der Waals surface area (Å²) < 4.78 is 0. The van der Waals surface area contributed by atoms with Gasteiger partial charge in [0.15, 0.2) is 0 Å². The third-order valence-electron chi connectivity index (χ3n) is 2.65. The molecule has 3 heteroatoms. The van der Waals surface area contributed by atoms with Crippen molar-refractivity contribution in [1.29, 1.82) is 0 Å². The second-order valence-corrected chi connectivity index (χ2v) is 5.36. The summed E-state index contributed by atoms with van der Waals surface area (Å²) in [7, 11) is 0. The van der Waals surface area contributed by atoms with Crippen LogP contribution >= 0.6 is 11.3 Å². The fourth-order valence-corrected chi connectivity index (χ4v) is 2.68. The normalized spacial score (nSPS) is 10.8. The Morgan fingerprint density at radius 3 is 2.74 bits per heavy atom. The van der Waals surface area contributed by atoms with E-state index in [4.69, 9.17) is 0 Å². The van der Waals surface area contributed by atoms with Gasteiger partial charge in [0.25, 0.3) is 0 Å². The molecule has 0 unspecified atom stereocenters. The van der Waals surface area contributed by atoms with Crippen LogP contribution in [0.5, 0.6) is 0 Å². The van der Waals surface area contributed by atoms with Gasteiger partial charge in [-0.05, 0) is 30.2 Å². The van der Waals surface area contributed by atoms with Gasteiger partial charge in [0.2, 0.25) is 5.91 Å². The molecule has 1 heterocycles. The minimum Gasteiger partial charge on any atom is -0.356 e. The van der Waals surface area contributed by atoms with Crippen LogP contribution in [0.1, 0.15) is 18.2 Å². The molecular weight excluding hydrogens is 254 g/mol.